The van der Waals surface area contributed by atoms with E-state index in [4.69, 9.17) is 4.98 Å². The maximum Gasteiger partial charge on any atom is 0.222 e. The Labute approximate surface area is 129 Å². The van der Waals surface area contributed by atoms with Gasteiger partial charge >= 0.3 is 0 Å². The SMILES string of the molecule is N#Cc1cc2c(nc1SCCN1CCCC1=O)CCCC2. The van der Waals surface area contributed by atoms with Crippen molar-refractivity contribution in [2.75, 3.05) is 18.8 Å². The fourth-order valence-corrected chi connectivity index (χ4v) is 3.94. The molecule has 2 heterocycles. The maximum absolute atomic E-state index is 11.6. The number of carbonyl (C=O) groups is 1. The van der Waals surface area contributed by atoms with Gasteiger partial charge in [0.05, 0.1) is 5.56 Å². The largest absolute Gasteiger partial charge is 0.342 e. The molecule has 3 rings (SSSR count). The van der Waals surface area contributed by atoms with Crippen molar-refractivity contribution in [1.29, 1.82) is 5.26 Å². The Morgan fingerprint density at radius 3 is 2.90 bits per heavy atom. The number of carbonyl (C=O) groups excluding carboxylic acids is 1. The molecular formula is C16H19N3OS. The summed E-state index contributed by atoms with van der Waals surface area (Å²) >= 11 is 1.61. The third kappa shape index (κ3) is 3.21. The van der Waals surface area contributed by atoms with Crippen LogP contribution in [-0.4, -0.2) is 34.6 Å². The predicted octanol–water partition coefficient (Wildman–Crippen LogP) is 2.55. The summed E-state index contributed by atoms with van der Waals surface area (Å²) in [6.45, 7) is 1.63. The molecule has 2 aliphatic rings. The quantitative estimate of drug-likeness (QED) is 0.802. The van der Waals surface area contributed by atoms with Crippen molar-refractivity contribution in [1.82, 2.24) is 9.88 Å². The Hall–Kier alpha value is -1.54. The van der Waals surface area contributed by atoms with Crippen LogP contribution in [0.1, 0.15) is 42.5 Å². The van der Waals surface area contributed by atoms with E-state index in [0.717, 1.165) is 43.1 Å². The van der Waals surface area contributed by atoms with Gasteiger partial charge in [0.1, 0.15) is 11.1 Å². The van der Waals surface area contributed by atoms with E-state index in [1.807, 2.05) is 11.0 Å². The molecule has 1 fully saturated rings. The first-order valence-electron chi connectivity index (χ1n) is 7.61. The molecule has 1 saturated heterocycles. The van der Waals surface area contributed by atoms with Gasteiger partial charge in [-0.15, -0.1) is 11.8 Å². The highest BCUT2D eigenvalue weighted by atomic mass is 32.2. The predicted molar refractivity (Wildman–Crippen MR) is 82.1 cm³/mol. The van der Waals surface area contributed by atoms with Crippen LogP contribution in [0.4, 0.5) is 0 Å². The van der Waals surface area contributed by atoms with E-state index in [9.17, 15) is 10.1 Å². The summed E-state index contributed by atoms with van der Waals surface area (Å²) in [7, 11) is 0. The molecule has 0 atom stereocenters. The number of hydrogen-bond donors (Lipinski definition) is 0. The van der Waals surface area contributed by atoms with E-state index >= 15 is 0 Å². The van der Waals surface area contributed by atoms with Crippen LogP contribution in [0.5, 0.6) is 0 Å². The summed E-state index contributed by atoms with van der Waals surface area (Å²) < 4.78 is 0. The van der Waals surface area contributed by atoms with Gasteiger partial charge in [-0.25, -0.2) is 4.98 Å². The molecule has 0 bridgehead atoms. The van der Waals surface area contributed by atoms with Crippen LogP contribution < -0.4 is 0 Å². The van der Waals surface area contributed by atoms with Gasteiger partial charge in [-0.05, 0) is 43.7 Å². The van der Waals surface area contributed by atoms with Crippen LogP contribution in [-0.2, 0) is 17.6 Å². The highest BCUT2D eigenvalue weighted by Crippen LogP contribution is 2.27. The van der Waals surface area contributed by atoms with Gasteiger partial charge in [-0.2, -0.15) is 5.26 Å². The summed E-state index contributed by atoms with van der Waals surface area (Å²) in [6, 6.07) is 4.29. The van der Waals surface area contributed by atoms with Gasteiger partial charge in [0.2, 0.25) is 5.91 Å². The molecule has 1 aromatic heterocycles. The lowest BCUT2D eigenvalue weighted by Gasteiger charge is -2.17. The third-order valence-electron chi connectivity index (χ3n) is 4.16. The zero-order chi connectivity index (χ0) is 14.7. The smallest absolute Gasteiger partial charge is 0.222 e. The number of aromatic nitrogens is 1. The molecule has 0 unspecified atom stereocenters. The Bertz CT molecular complexity index is 594. The summed E-state index contributed by atoms with van der Waals surface area (Å²) in [5.74, 6) is 1.07. The second-order valence-corrected chi connectivity index (χ2v) is 6.68. The van der Waals surface area contributed by atoms with Crippen molar-refractivity contribution in [3.05, 3.63) is 22.9 Å². The van der Waals surface area contributed by atoms with Crippen molar-refractivity contribution in [3.8, 4) is 6.07 Å². The topological polar surface area (TPSA) is 57.0 Å². The molecule has 110 valence electrons. The number of amides is 1. The lowest BCUT2D eigenvalue weighted by Crippen LogP contribution is -2.27. The van der Waals surface area contributed by atoms with E-state index in [1.165, 1.54) is 24.1 Å². The third-order valence-corrected chi connectivity index (χ3v) is 5.13. The van der Waals surface area contributed by atoms with Crippen molar-refractivity contribution >= 4 is 17.7 Å². The van der Waals surface area contributed by atoms with Gasteiger partial charge in [0.25, 0.3) is 0 Å². The number of fused-ring (bicyclic) bond motifs is 1. The van der Waals surface area contributed by atoms with Crippen LogP contribution in [0.25, 0.3) is 0 Å². The van der Waals surface area contributed by atoms with Gasteiger partial charge in [0, 0.05) is 31.0 Å². The monoisotopic (exact) mass is 301 g/mol. The molecule has 0 spiro atoms. The van der Waals surface area contributed by atoms with E-state index in [0.29, 0.717) is 12.0 Å². The molecule has 0 saturated carbocycles. The molecule has 0 N–H and O–H groups in total. The molecule has 1 aliphatic carbocycles. The van der Waals surface area contributed by atoms with Gasteiger partial charge in [0.15, 0.2) is 0 Å². The number of aryl methyl sites for hydroxylation is 2. The number of pyridine rings is 1. The fraction of sp³-hybridized carbons (Fsp3) is 0.562. The highest BCUT2D eigenvalue weighted by molar-refractivity contribution is 7.99. The second-order valence-electron chi connectivity index (χ2n) is 5.60. The summed E-state index contributed by atoms with van der Waals surface area (Å²) in [5.41, 5.74) is 3.10. The number of thioether (sulfide) groups is 1. The van der Waals surface area contributed by atoms with E-state index in [2.05, 4.69) is 6.07 Å². The maximum atomic E-state index is 11.6. The molecule has 1 aromatic rings. The minimum atomic E-state index is 0.259. The Morgan fingerprint density at radius 1 is 1.29 bits per heavy atom. The second kappa shape index (κ2) is 6.48. The van der Waals surface area contributed by atoms with Gasteiger partial charge < -0.3 is 4.90 Å². The standard InChI is InChI=1S/C16H19N3OS/c17-11-13-10-12-4-1-2-5-14(12)18-16(13)21-9-8-19-7-3-6-15(19)20/h10H,1-9H2. The number of nitriles is 1. The van der Waals surface area contributed by atoms with Crippen molar-refractivity contribution in [2.24, 2.45) is 0 Å². The molecule has 21 heavy (non-hydrogen) atoms. The van der Waals surface area contributed by atoms with Gasteiger partial charge in [-0.3, -0.25) is 4.79 Å². The van der Waals surface area contributed by atoms with Crippen LogP contribution in [0, 0.1) is 11.3 Å². The van der Waals surface area contributed by atoms with E-state index < -0.39 is 0 Å². The Balaban J connectivity index is 1.67. The summed E-state index contributed by atoms with van der Waals surface area (Å²) in [5, 5.41) is 10.1. The van der Waals surface area contributed by atoms with Crippen molar-refractivity contribution in [3.63, 3.8) is 0 Å². The lowest BCUT2D eigenvalue weighted by molar-refractivity contribution is -0.127. The van der Waals surface area contributed by atoms with E-state index in [1.54, 1.807) is 11.8 Å². The molecular weight excluding hydrogens is 282 g/mol. The summed E-state index contributed by atoms with van der Waals surface area (Å²) in [6.07, 6.45) is 6.13. The zero-order valence-corrected chi connectivity index (χ0v) is 12.9. The molecule has 1 amide bonds. The van der Waals surface area contributed by atoms with E-state index in [-0.39, 0.29) is 5.91 Å². The van der Waals surface area contributed by atoms with Gasteiger partial charge in [-0.1, -0.05) is 0 Å². The molecule has 0 radical (unpaired) electrons. The van der Waals surface area contributed by atoms with Crippen molar-refractivity contribution in [2.45, 2.75) is 43.6 Å². The zero-order valence-electron chi connectivity index (χ0n) is 12.1. The van der Waals surface area contributed by atoms with Crippen molar-refractivity contribution < 1.29 is 4.79 Å². The lowest BCUT2D eigenvalue weighted by atomic mass is 9.95. The first-order chi connectivity index (χ1) is 10.3. The molecule has 5 heteroatoms. The fourth-order valence-electron chi connectivity index (χ4n) is 3.00. The first-order valence-corrected chi connectivity index (χ1v) is 8.60. The molecule has 4 nitrogen and oxygen atoms in total. The Morgan fingerprint density at radius 2 is 2.14 bits per heavy atom. The number of nitrogens with zero attached hydrogens (tertiary/aromatic N) is 3. The van der Waals surface area contributed by atoms with Crippen LogP contribution in [0.2, 0.25) is 0 Å². The highest BCUT2D eigenvalue weighted by Gasteiger charge is 2.20. The number of rotatable bonds is 4. The average Bonchev–Trinajstić information content (AvgIpc) is 2.92. The van der Waals surface area contributed by atoms with Crippen LogP contribution >= 0.6 is 11.8 Å². The molecule has 1 aliphatic heterocycles. The summed E-state index contributed by atoms with van der Waals surface area (Å²) in [4.78, 5) is 18.2. The van der Waals surface area contributed by atoms with Crippen LogP contribution in [0.15, 0.2) is 11.1 Å². The minimum Gasteiger partial charge on any atom is -0.342 e. The first kappa shape index (κ1) is 14.4. The van der Waals surface area contributed by atoms with Crippen LogP contribution in [0.3, 0.4) is 0 Å². The normalized spacial score (nSPS) is 17.7. The number of likely N-dealkylation sites (tertiary alicyclic amines) is 1. The Kier molecular flexibility index (Phi) is 4.45. The number of hydrogen-bond acceptors (Lipinski definition) is 4. The average molecular weight is 301 g/mol. The molecule has 0 aromatic carbocycles. The minimum absolute atomic E-state index is 0.259.